The van der Waals surface area contributed by atoms with Gasteiger partial charge in [-0.05, 0) is 103 Å². The fourth-order valence-electron chi connectivity index (χ4n) is 5.67. The van der Waals surface area contributed by atoms with E-state index in [4.69, 9.17) is 9.47 Å². The zero-order valence-corrected chi connectivity index (χ0v) is 27.3. The molecule has 7 nitrogen and oxygen atoms in total. The lowest BCUT2D eigenvalue weighted by Crippen LogP contribution is -2.28. The van der Waals surface area contributed by atoms with Crippen molar-refractivity contribution in [3.63, 3.8) is 0 Å². The van der Waals surface area contributed by atoms with E-state index in [0.29, 0.717) is 12.1 Å². The van der Waals surface area contributed by atoms with Gasteiger partial charge in [-0.1, -0.05) is 30.3 Å². The number of benzene rings is 4. The van der Waals surface area contributed by atoms with Crippen molar-refractivity contribution in [1.29, 1.82) is 10.5 Å². The van der Waals surface area contributed by atoms with Gasteiger partial charge in [0, 0.05) is 55.9 Å². The molecule has 48 heavy (non-hydrogen) atoms. The molecule has 4 aromatic carbocycles. The van der Waals surface area contributed by atoms with Crippen molar-refractivity contribution < 1.29 is 14.6 Å². The van der Waals surface area contributed by atoms with E-state index in [-0.39, 0.29) is 12.2 Å². The number of methoxy groups -OCH3 is 2. The molecule has 5 aromatic rings. The maximum absolute atomic E-state index is 9.85. The molecule has 0 aliphatic carbocycles. The third-order valence-electron chi connectivity index (χ3n) is 8.02. The number of aliphatic hydroxyl groups is 1. The Bertz CT molecular complexity index is 2020. The van der Waals surface area contributed by atoms with Crippen molar-refractivity contribution in [2.45, 2.75) is 0 Å². The van der Waals surface area contributed by atoms with Gasteiger partial charge >= 0.3 is 0 Å². The van der Waals surface area contributed by atoms with Crippen molar-refractivity contribution in [2.75, 3.05) is 37.2 Å². The standard InChI is InChI=1S/C40H32N4O3S/c1-46-34-16-11-31(12-17-34)44(32-13-18-35(47-2)19-14-32)30-9-7-28(8-10-30)40-22-21-36(48-40)20-15-33-25-38(29(26-41)27-42)37-5-3-4-6-39(37)43(33)23-24-45/h3-22,25,45H,23-24H2,1-2H3/b20-15+. The summed E-state index contributed by atoms with van der Waals surface area (Å²) < 4.78 is 10.8. The predicted octanol–water partition coefficient (Wildman–Crippen LogP) is 9.11. The van der Waals surface area contributed by atoms with E-state index in [1.165, 1.54) is 0 Å². The molecule has 0 unspecified atom stereocenters. The highest BCUT2D eigenvalue weighted by Crippen LogP contribution is 2.40. The Labute approximate surface area is 284 Å². The summed E-state index contributed by atoms with van der Waals surface area (Å²) >= 11 is 1.67. The molecule has 0 amide bonds. The molecule has 8 heteroatoms. The lowest BCUT2D eigenvalue weighted by Gasteiger charge is -2.32. The molecule has 0 saturated heterocycles. The van der Waals surface area contributed by atoms with Crippen molar-refractivity contribution in [3.05, 3.63) is 143 Å². The molecule has 6 rings (SSSR count). The van der Waals surface area contributed by atoms with E-state index in [1.807, 2.05) is 108 Å². The van der Waals surface area contributed by atoms with Crippen LogP contribution in [-0.4, -0.2) is 32.5 Å². The summed E-state index contributed by atoms with van der Waals surface area (Å²) in [7, 11) is 3.32. The summed E-state index contributed by atoms with van der Waals surface area (Å²) in [5.41, 5.74) is 7.17. The number of allylic oxidation sites excluding steroid dienone is 4. The molecule has 0 atom stereocenters. The molecule has 1 N–H and O–H groups in total. The summed E-state index contributed by atoms with van der Waals surface area (Å²) in [6.45, 7) is 0.330. The summed E-state index contributed by atoms with van der Waals surface area (Å²) in [4.78, 5) is 6.36. The molecule has 0 spiro atoms. The maximum Gasteiger partial charge on any atom is 0.137 e. The number of nitrogens with zero attached hydrogens (tertiary/aromatic N) is 4. The highest BCUT2D eigenvalue weighted by molar-refractivity contribution is 7.16. The zero-order valence-electron chi connectivity index (χ0n) is 26.5. The quantitative estimate of drug-likeness (QED) is 0.151. The van der Waals surface area contributed by atoms with Gasteiger partial charge < -0.3 is 24.4 Å². The predicted molar refractivity (Wildman–Crippen MR) is 194 cm³/mol. The van der Waals surface area contributed by atoms with Gasteiger partial charge in [0.1, 0.15) is 29.2 Å². The van der Waals surface area contributed by atoms with E-state index in [9.17, 15) is 15.6 Å². The van der Waals surface area contributed by atoms with Crippen LogP contribution in [0.3, 0.4) is 0 Å². The number of fused-ring (bicyclic) bond motifs is 1. The van der Waals surface area contributed by atoms with Crippen LogP contribution in [0, 0.1) is 22.7 Å². The van der Waals surface area contributed by atoms with Gasteiger partial charge in [-0.25, -0.2) is 0 Å². The van der Waals surface area contributed by atoms with Gasteiger partial charge in [0.2, 0.25) is 0 Å². The van der Waals surface area contributed by atoms with Crippen LogP contribution in [0.5, 0.6) is 11.5 Å². The number of thiophene rings is 1. The van der Waals surface area contributed by atoms with Gasteiger partial charge in [-0.15, -0.1) is 11.3 Å². The first kappa shape index (κ1) is 31.9. The van der Waals surface area contributed by atoms with Gasteiger partial charge in [0.05, 0.1) is 20.8 Å². The van der Waals surface area contributed by atoms with Crippen molar-refractivity contribution in [1.82, 2.24) is 0 Å². The van der Waals surface area contributed by atoms with Crippen LogP contribution in [0.25, 0.3) is 22.1 Å². The number of rotatable bonds is 10. The number of β-amino-alcohol motifs (C(OH)–C–C–N with tert-alkyl or cyclic N) is 1. The fraction of sp³-hybridized carbons (Fsp3) is 0.100. The fourth-order valence-corrected chi connectivity index (χ4v) is 6.59. The molecule has 0 saturated carbocycles. The molecule has 2 heterocycles. The number of anilines is 4. The maximum atomic E-state index is 9.85. The Kier molecular flexibility index (Phi) is 9.69. The number of ether oxygens (including phenoxy) is 2. The van der Waals surface area contributed by atoms with Crippen LogP contribution in [-0.2, 0) is 0 Å². The number of hydrogen-bond donors (Lipinski definition) is 1. The summed E-state index contributed by atoms with van der Waals surface area (Å²) in [5.74, 6) is 1.59. The van der Waals surface area contributed by atoms with Crippen LogP contribution >= 0.6 is 11.3 Å². The molecule has 1 aliphatic rings. The van der Waals surface area contributed by atoms with Crippen molar-refractivity contribution >= 4 is 45.7 Å². The van der Waals surface area contributed by atoms with Gasteiger partial charge in [-0.2, -0.15) is 10.5 Å². The minimum Gasteiger partial charge on any atom is -0.497 e. The first-order valence-corrected chi connectivity index (χ1v) is 16.1. The Morgan fingerprint density at radius 2 is 1.35 bits per heavy atom. The molecule has 0 fully saturated rings. The first-order chi connectivity index (χ1) is 23.6. The van der Waals surface area contributed by atoms with Crippen molar-refractivity contribution in [2.24, 2.45) is 0 Å². The second-order valence-electron chi connectivity index (χ2n) is 10.8. The highest BCUT2D eigenvalue weighted by Gasteiger charge is 2.23. The Hall–Kier alpha value is -6.06. The van der Waals surface area contributed by atoms with Crippen LogP contribution in [0.1, 0.15) is 10.4 Å². The minimum atomic E-state index is -0.0462. The van der Waals surface area contributed by atoms with E-state index in [1.54, 1.807) is 25.6 Å². The van der Waals surface area contributed by atoms with Gasteiger partial charge in [-0.3, -0.25) is 0 Å². The number of hydrogen-bond acceptors (Lipinski definition) is 8. The van der Waals surface area contributed by atoms with Crippen LogP contribution in [0.2, 0.25) is 0 Å². The van der Waals surface area contributed by atoms with Gasteiger partial charge in [0.15, 0.2) is 0 Å². The average Bonchev–Trinajstić information content (AvgIpc) is 3.62. The van der Waals surface area contributed by atoms with E-state index in [2.05, 4.69) is 41.3 Å². The minimum absolute atomic E-state index is 0.0462. The lowest BCUT2D eigenvalue weighted by molar-refractivity contribution is 0.304. The molecular weight excluding hydrogens is 617 g/mol. The smallest absolute Gasteiger partial charge is 0.137 e. The second kappa shape index (κ2) is 14.6. The Morgan fingerprint density at radius 3 is 1.92 bits per heavy atom. The Morgan fingerprint density at radius 1 is 0.771 bits per heavy atom. The second-order valence-corrected chi connectivity index (χ2v) is 11.9. The lowest BCUT2D eigenvalue weighted by atomic mass is 9.93. The normalized spacial score (nSPS) is 12.1. The SMILES string of the molecule is COc1ccc(N(c2ccc(OC)cc2)c2ccc(-c3ccc(/C=C/C4=CC(=C(C#N)C#N)c5ccccc5N4CCO)s3)cc2)cc1. The molecule has 236 valence electrons. The van der Waals surface area contributed by atoms with Crippen molar-refractivity contribution in [3.8, 4) is 34.1 Å². The number of nitriles is 2. The third-order valence-corrected chi connectivity index (χ3v) is 9.12. The highest BCUT2D eigenvalue weighted by atomic mass is 32.1. The topological polar surface area (TPSA) is 92.8 Å². The Balaban J connectivity index is 1.28. The zero-order chi connectivity index (χ0) is 33.5. The molecule has 0 bridgehead atoms. The summed E-state index contributed by atoms with van der Waals surface area (Å²) in [6, 6.07) is 40.3. The largest absolute Gasteiger partial charge is 0.497 e. The third kappa shape index (κ3) is 6.58. The molecule has 1 aliphatic heterocycles. The van der Waals surface area contributed by atoms with Crippen LogP contribution in [0.15, 0.2) is 133 Å². The van der Waals surface area contributed by atoms with Gasteiger partial charge in [0.25, 0.3) is 0 Å². The van der Waals surface area contributed by atoms with E-state index in [0.717, 1.165) is 60.8 Å². The van der Waals surface area contributed by atoms with Crippen LogP contribution < -0.4 is 19.3 Å². The number of para-hydroxylation sites is 1. The summed E-state index contributed by atoms with van der Waals surface area (Å²) in [6.07, 6.45) is 5.84. The average molecular weight is 649 g/mol. The van der Waals surface area contributed by atoms with Crippen LogP contribution in [0.4, 0.5) is 22.7 Å². The summed E-state index contributed by atoms with van der Waals surface area (Å²) in [5, 5.41) is 29.1. The van der Waals surface area contributed by atoms with E-state index >= 15 is 0 Å². The number of aliphatic hydroxyl groups excluding tert-OH is 1. The van der Waals surface area contributed by atoms with E-state index < -0.39 is 0 Å². The monoisotopic (exact) mass is 648 g/mol. The molecule has 1 aromatic heterocycles. The molecular formula is C40H32N4O3S. The first-order valence-electron chi connectivity index (χ1n) is 15.3. The molecule has 0 radical (unpaired) electrons.